The molecule has 3 heterocycles. The van der Waals surface area contributed by atoms with Crippen molar-refractivity contribution in [1.29, 1.82) is 0 Å². The van der Waals surface area contributed by atoms with Crippen LogP contribution in [0.1, 0.15) is 47.7 Å². The van der Waals surface area contributed by atoms with Crippen LogP contribution in [0.2, 0.25) is 0 Å². The van der Waals surface area contributed by atoms with Gasteiger partial charge in [0.05, 0.1) is 16.1 Å². The summed E-state index contributed by atoms with van der Waals surface area (Å²) in [6.45, 7) is 13.0. The Balaban J connectivity index is 1.64. The van der Waals surface area contributed by atoms with Crippen molar-refractivity contribution < 1.29 is 0 Å². The van der Waals surface area contributed by atoms with E-state index in [2.05, 4.69) is 105 Å². The highest BCUT2D eigenvalue weighted by Crippen LogP contribution is 2.37. The molecule has 0 N–H and O–H groups in total. The first kappa shape index (κ1) is 23.8. The lowest BCUT2D eigenvalue weighted by Gasteiger charge is -2.16. The SMILES string of the molecule is Cc1ccc(C)c(CSc2nnc(-c3cc(-c4cccs4)nc4cc(C)c(C)cc34)n2C(C)C)c1. The number of aryl methyl sites for hydroxylation is 4. The van der Waals surface area contributed by atoms with Gasteiger partial charge in [-0.3, -0.25) is 4.57 Å². The van der Waals surface area contributed by atoms with Crippen LogP contribution in [-0.2, 0) is 5.75 Å². The van der Waals surface area contributed by atoms with Gasteiger partial charge in [-0.2, -0.15) is 0 Å². The normalized spacial score (nSPS) is 11.6. The first-order chi connectivity index (χ1) is 16.8. The molecule has 0 unspecified atom stereocenters. The molecule has 0 amide bonds. The van der Waals surface area contributed by atoms with Crippen molar-refractivity contribution in [3.05, 3.63) is 81.7 Å². The maximum absolute atomic E-state index is 5.03. The predicted octanol–water partition coefficient (Wildman–Crippen LogP) is 8.33. The van der Waals surface area contributed by atoms with Crippen molar-refractivity contribution in [2.45, 2.75) is 58.5 Å². The average Bonchev–Trinajstić information content (AvgIpc) is 3.50. The lowest BCUT2D eigenvalue weighted by molar-refractivity contribution is 0.555. The maximum atomic E-state index is 5.03. The Hall–Kier alpha value is -2.96. The molecule has 0 aliphatic carbocycles. The molecule has 5 aromatic rings. The number of pyridine rings is 1. The Morgan fingerprint density at radius 3 is 2.46 bits per heavy atom. The van der Waals surface area contributed by atoms with Gasteiger partial charge in [-0.1, -0.05) is 41.6 Å². The number of fused-ring (bicyclic) bond motifs is 1. The van der Waals surface area contributed by atoms with E-state index in [4.69, 9.17) is 10.1 Å². The molecule has 0 atom stereocenters. The predicted molar refractivity (Wildman–Crippen MR) is 149 cm³/mol. The summed E-state index contributed by atoms with van der Waals surface area (Å²) >= 11 is 3.47. The van der Waals surface area contributed by atoms with Crippen LogP contribution in [0.5, 0.6) is 0 Å². The molecule has 5 rings (SSSR count). The van der Waals surface area contributed by atoms with Gasteiger partial charge in [0.15, 0.2) is 11.0 Å². The first-order valence-electron chi connectivity index (χ1n) is 11.9. The van der Waals surface area contributed by atoms with Crippen LogP contribution < -0.4 is 0 Å². The second-order valence-corrected chi connectivity index (χ2v) is 11.4. The molecule has 0 bridgehead atoms. The van der Waals surface area contributed by atoms with Crippen LogP contribution in [0.15, 0.2) is 59.1 Å². The smallest absolute Gasteiger partial charge is 0.192 e. The van der Waals surface area contributed by atoms with Gasteiger partial charge in [-0.25, -0.2) is 4.98 Å². The van der Waals surface area contributed by atoms with Gasteiger partial charge in [0.25, 0.3) is 0 Å². The number of rotatable bonds is 6. The lowest BCUT2D eigenvalue weighted by Crippen LogP contribution is -2.06. The number of thioether (sulfide) groups is 1. The van der Waals surface area contributed by atoms with E-state index in [1.165, 1.54) is 27.8 Å². The van der Waals surface area contributed by atoms with Crippen LogP contribution in [0.25, 0.3) is 32.9 Å². The number of aromatic nitrogens is 4. The molecule has 0 saturated carbocycles. The zero-order chi connectivity index (χ0) is 24.7. The molecule has 4 nitrogen and oxygen atoms in total. The van der Waals surface area contributed by atoms with Crippen molar-refractivity contribution in [2.75, 3.05) is 0 Å². The summed E-state index contributed by atoms with van der Waals surface area (Å²) in [7, 11) is 0. The summed E-state index contributed by atoms with van der Waals surface area (Å²) in [5, 5.41) is 13.6. The molecule has 0 aliphatic rings. The second kappa shape index (κ2) is 9.59. The Bertz CT molecular complexity index is 1510. The van der Waals surface area contributed by atoms with E-state index in [9.17, 15) is 0 Å². The number of nitrogens with zero attached hydrogens (tertiary/aromatic N) is 4. The van der Waals surface area contributed by atoms with Crippen molar-refractivity contribution >= 4 is 34.0 Å². The first-order valence-corrected chi connectivity index (χ1v) is 13.8. The van der Waals surface area contributed by atoms with Crippen LogP contribution in [0.4, 0.5) is 0 Å². The minimum Gasteiger partial charge on any atom is -0.299 e. The second-order valence-electron chi connectivity index (χ2n) is 9.47. The maximum Gasteiger partial charge on any atom is 0.192 e. The molecule has 0 fully saturated rings. The van der Waals surface area contributed by atoms with Crippen molar-refractivity contribution in [3.63, 3.8) is 0 Å². The highest BCUT2D eigenvalue weighted by Gasteiger charge is 2.21. The summed E-state index contributed by atoms with van der Waals surface area (Å²) in [6, 6.07) is 17.7. The van der Waals surface area contributed by atoms with Crippen LogP contribution in [-0.4, -0.2) is 19.7 Å². The van der Waals surface area contributed by atoms with E-state index in [1.807, 2.05) is 0 Å². The summed E-state index contributed by atoms with van der Waals surface area (Å²) < 4.78 is 2.28. The largest absolute Gasteiger partial charge is 0.299 e. The van der Waals surface area contributed by atoms with E-state index in [0.717, 1.165) is 43.8 Å². The summed E-state index contributed by atoms with van der Waals surface area (Å²) in [4.78, 5) is 6.19. The molecule has 0 spiro atoms. The van der Waals surface area contributed by atoms with Gasteiger partial charge in [0, 0.05) is 22.7 Å². The van der Waals surface area contributed by atoms with E-state index in [0.29, 0.717) is 0 Å². The van der Waals surface area contributed by atoms with Gasteiger partial charge in [-0.05, 0) is 93.4 Å². The Labute approximate surface area is 215 Å². The van der Waals surface area contributed by atoms with Gasteiger partial charge in [-0.15, -0.1) is 21.5 Å². The Morgan fingerprint density at radius 1 is 0.914 bits per heavy atom. The molecule has 3 aromatic heterocycles. The number of benzene rings is 2. The molecule has 0 radical (unpaired) electrons. The molecule has 0 aliphatic heterocycles. The standard InChI is InChI=1S/C29H30N4S2/c1-17(2)33-28(31-32-29(33)35-16-22-12-18(3)9-10-19(22)4)24-15-26(27-8-7-11-34-27)30-25-14-21(6)20(5)13-23(24)25/h7-15,17H,16H2,1-6H3. The molecule has 0 saturated heterocycles. The molecule has 35 heavy (non-hydrogen) atoms. The average molecular weight is 499 g/mol. The topological polar surface area (TPSA) is 43.6 Å². The number of thiophene rings is 1. The van der Waals surface area contributed by atoms with Crippen LogP contribution >= 0.6 is 23.1 Å². The zero-order valence-corrected chi connectivity index (χ0v) is 22.7. The quantitative estimate of drug-likeness (QED) is 0.221. The third-order valence-corrected chi connectivity index (χ3v) is 8.37. The van der Waals surface area contributed by atoms with Crippen LogP contribution in [0, 0.1) is 27.7 Å². The molecule has 6 heteroatoms. The third kappa shape index (κ3) is 4.65. The monoisotopic (exact) mass is 498 g/mol. The Kier molecular flexibility index (Phi) is 6.51. The highest BCUT2D eigenvalue weighted by atomic mass is 32.2. The van der Waals surface area contributed by atoms with Gasteiger partial charge in [0.2, 0.25) is 0 Å². The van der Waals surface area contributed by atoms with Crippen molar-refractivity contribution in [2.24, 2.45) is 0 Å². The molecular weight excluding hydrogens is 468 g/mol. The van der Waals surface area contributed by atoms with E-state index >= 15 is 0 Å². The van der Waals surface area contributed by atoms with E-state index in [-0.39, 0.29) is 6.04 Å². The van der Waals surface area contributed by atoms with Crippen molar-refractivity contribution in [1.82, 2.24) is 19.7 Å². The van der Waals surface area contributed by atoms with Gasteiger partial charge < -0.3 is 0 Å². The molecule has 2 aromatic carbocycles. The Morgan fingerprint density at radius 2 is 1.71 bits per heavy atom. The molecular formula is C29H30N4S2. The zero-order valence-electron chi connectivity index (χ0n) is 21.1. The number of hydrogen-bond donors (Lipinski definition) is 0. The fourth-order valence-electron chi connectivity index (χ4n) is 4.34. The molecule has 178 valence electrons. The minimum atomic E-state index is 0.223. The van der Waals surface area contributed by atoms with Gasteiger partial charge >= 0.3 is 0 Å². The van der Waals surface area contributed by atoms with E-state index in [1.54, 1.807) is 23.1 Å². The summed E-state index contributed by atoms with van der Waals surface area (Å²) in [6.07, 6.45) is 0. The fraction of sp³-hybridized carbons (Fsp3) is 0.276. The third-order valence-electron chi connectivity index (χ3n) is 6.48. The highest BCUT2D eigenvalue weighted by molar-refractivity contribution is 7.98. The lowest BCUT2D eigenvalue weighted by atomic mass is 10.0. The van der Waals surface area contributed by atoms with Crippen LogP contribution in [0.3, 0.4) is 0 Å². The fourth-order valence-corrected chi connectivity index (χ4v) is 6.16. The van der Waals surface area contributed by atoms with Gasteiger partial charge in [0.1, 0.15) is 0 Å². The van der Waals surface area contributed by atoms with E-state index < -0.39 is 0 Å². The summed E-state index contributed by atoms with van der Waals surface area (Å²) in [5.74, 6) is 1.77. The minimum absolute atomic E-state index is 0.223. The number of hydrogen-bond acceptors (Lipinski definition) is 5. The summed E-state index contributed by atoms with van der Waals surface area (Å²) in [5.41, 5.74) is 9.50. The van der Waals surface area contributed by atoms with Crippen molar-refractivity contribution in [3.8, 4) is 22.0 Å².